The van der Waals surface area contributed by atoms with Crippen LogP contribution in [0.15, 0.2) is 16.7 Å². The number of morpholine rings is 1. The minimum atomic E-state index is 0.305. The normalized spacial score (nSPS) is 18.6. The Balaban J connectivity index is 1.87. The summed E-state index contributed by atoms with van der Waals surface area (Å²) in [7, 11) is 0. The van der Waals surface area contributed by atoms with Crippen molar-refractivity contribution in [2.45, 2.75) is 13.0 Å². The van der Waals surface area contributed by atoms with E-state index in [4.69, 9.17) is 10.5 Å². The quantitative estimate of drug-likeness (QED) is 0.883. The van der Waals surface area contributed by atoms with Gasteiger partial charge in [-0.2, -0.15) is 0 Å². The third kappa shape index (κ3) is 3.83. The second-order valence-corrected chi connectivity index (χ2v) is 5.47. The smallest absolute Gasteiger partial charge is 0.149 e. The van der Waals surface area contributed by atoms with E-state index in [1.807, 2.05) is 6.07 Å². The van der Waals surface area contributed by atoms with Gasteiger partial charge in [0.2, 0.25) is 0 Å². The van der Waals surface area contributed by atoms with Gasteiger partial charge in [0.05, 0.1) is 18.9 Å². The maximum absolute atomic E-state index is 5.91. The van der Waals surface area contributed by atoms with Crippen molar-refractivity contribution < 1.29 is 4.74 Å². The molecule has 2 rings (SSSR count). The average Bonchev–Trinajstić information content (AvgIpc) is 2.34. The molecule has 1 aromatic rings. The van der Waals surface area contributed by atoms with Crippen LogP contribution in [0, 0.1) is 0 Å². The van der Waals surface area contributed by atoms with Crippen molar-refractivity contribution >= 4 is 27.4 Å². The first kappa shape index (κ1) is 13.6. The second kappa shape index (κ2) is 6.36. The van der Waals surface area contributed by atoms with Gasteiger partial charge in [-0.15, -0.1) is 0 Å². The Hall–Kier alpha value is -0.850. The molecular formula is C12H19BrN4O. The molecule has 100 valence electrons. The van der Waals surface area contributed by atoms with Crippen LogP contribution >= 0.6 is 15.9 Å². The van der Waals surface area contributed by atoms with Gasteiger partial charge in [0.25, 0.3) is 0 Å². The van der Waals surface area contributed by atoms with E-state index in [1.54, 1.807) is 6.20 Å². The lowest BCUT2D eigenvalue weighted by atomic mass is 10.2. The number of aromatic nitrogens is 1. The Bertz CT molecular complexity index is 396. The van der Waals surface area contributed by atoms with Gasteiger partial charge in [0, 0.05) is 36.3 Å². The van der Waals surface area contributed by atoms with Crippen LogP contribution in [0.25, 0.3) is 0 Å². The summed E-state index contributed by atoms with van der Waals surface area (Å²) in [6.07, 6.45) is 1.75. The number of anilines is 2. The zero-order valence-corrected chi connectivity index (χ0v) is 12.1. The molecule has 2 heterocycles. The number of hydrogen-bond acceptors (Lipinski definition) is 5. The Kier molecular flexibility index (Phi) is 4.79. The fourth-order valence-electron chi connectivity index (χ4n) is 2.03. The number of nitrogens with two attached hydrogens (primary N) is 1. The molecule has 1 aliphatic rings. The zero-order chi connectivity index (χ0) is 13.0. The third-order valence-electron chi connectivity index (χ3n) is 2.90. The minimum absolute atomic E-state index is 0.305. The van der Waals surface area contributed by atoms with Gasteiger partial charge >= 0.3 is 0 Å². The number of nitrogens with zero attached hydrogens (tertiary/aromatic N) is 2. The average molecular weight is 315 g/mol. The predicted molar refractivity (Wildman–Crippen MR) is 76.7 cm³/mol. The van der Waals surface area contributed by atoms with Crippen molar-refractivity contribution in [3.63, 3.8) is 0 Å². The van der Waals surface area contributed by atoms with Gasteiger partial charge in [-0.25, -0.2) is 4.98 Å². The summed E-state index contributed by atoms with van der Waals surface area (Å²) in [5.41, 5.74) is 6.58. The molecule has 0 saturated carbocycles. The predicted octanol–water partition coefficient (Wildman–Crippen LogP) is 1.56. The maximum atomic E-state index is 5.91. The van der Waals surface area contributed by atoms with E-state index < -0.39 is 0 Å². The summed E-state index contributed by atoms with van der Waals surface area (Å²) >= 11 is 3.35. The van der Waals surface area contributed by atoms with Crippen LogP contribution < -0.4 is 11.1 Å². The van der Waals surface area contributed by atoms with Gasteiger partial charge in [0.15, 0.2) is 0 Å². The highest BCUT2D eigenvalue weighted by Gasteiger charge is 2.14. The number of rotatable bonds is 4. The zero-order valence-electron chi connectivity index (χ0n) is 10.5. The largest absolute Gasteiger partial charge is 0.396 e. The summed E-state index contributed by atoms with van der Waals surface area (Å²) in [5, 5.41) is 3.35. The van der Waals surface area contributed by atoms with E-state index >= 15 is 0 Å². The van der Waals surface area contributed by atoms with Crippen LogP contribution in [-0.4, -0.2) is 48.8 Å². The molecule has 18 heavy (non-hydrogen) atoms. The highest BCUT2D eigenvalue weighted by Crippen LogP contribution is 2.20. The van der Waals surface area contributed by atoms with Gasteiger partial charge in [0.1, 0.15) is 5.82 Å². The van der Waals surface area contributed by atoms with Crippen molar-refractivity contribution in [1.29, 1.82) is 0 Å². The molecule has 0 aromatic carbocycles. The van der Waals surface area contributed by atoms with E-state index in [0.717, 1.165) is 43.1 Å². The Morgan fingerprint density at radius 2 is 2.28 bits per heavy atom. The number of halogens is 1. The molecule has 0 amide bonds. The van der Waals surface area contributed by atoms with Crippen LogP contribution in [0.5, 0.6) is 0 Å². The molecule has 0 spiro atoms. The summed E-state index contributed by atoms with van der Waals surface area (Å²) < 4.78 is 6.23. The Morgan fingerprint density at radius 1 is 1.56 bits per heavy atom. The molecule has 1 atom stereocenters. The molecule has 1 aromatic heterocycles. The molecule has 3 N–H and O–H groups in total. The van der Waals surface area contributed by atoms with Crippen molar-refractivity contribution in [2.75, 3.05) is 43.9 Å². The van der Waals surface area contributed by atoms with Gasteiger partial charge in [-0.1, -0.05) is 0 Å². The molecule has 0 bridgehead atoms. The van der Waals surface area contributed by atoms with E-state index in [2.05, 4.69) is 38.1 Å². The lowest BCUT2D eigenvalue weighted by Gasteiger charge is -2.29. The minimum Gasteiger partial charge on any atom is -0.396 e. The van der Waals surface area contributed by atoms with Crippen LogP contribution in [0.3, 0.4) is 0 Å². The van der Waals surface area contributed by atoms with Gasteiger partial charge in [-0.05, 0) is 28.9 Å². The van der Waals surface area contributed by atoms with E-state index in [9.17, 15) is 0 Å². The third-order valence-corrected chi connectivity index (χ3v) is 3.34. The second-order valence-electron chi connectivity index (χ2n) is 4.55. The fourth-order valence-corrected chi connectivity index (χ4v) is 2.37. The van der Waals surface area contributed by atoms with Crippen molar-refractivity contribution in [3.05, 3.63) is 16.7 Å². The molecular weight excluding hydrogens is 296 g/mol. The summed E-state index contributed by atoms with van der Waals surface area (Å²) in [4.78, 5) is 6.67. The van der Waals surface area contributed by atoms with Crippen molar-refractivity contribution in [2.24, 2.45) is 0 Å². The summed E-state index contributed by atoms with van der Waals surface area (Å²) in [6, 6.07) is 2.16. The molecule has 1 saturated heterocycles. The molecule has 1 unspecified atom stereocenters. The molecule has 0 radical (unpaired) electrons. The molecule has 1 aliphatic heterocycles. The molecule has 6 heteroatoms. The fraction of sp³-hybridized carbons (Fsp3) is 0.583. The van der Waals surface area contributed by atoms with Crippen molar-refractivity contribution in [1.82, 2.24) is 9.88 Å². The number of pyridine rings is 1. The standard InChI is InChI=1S/C12H19BrN4O/c1-9(8-17-2-4-18-5-3-17)16-12-11(14)6-10(13)7-15-12/h6-7,9H,2-5,8,14H2,1H3,(H,15,16). The first-order valence-corrected chi connectivity index (χ1v) is 6.92. The molecule has 0 aliphatic carbocycles. The SMILES string of the molecule is CC(CN1CCOCC1)Nc1ncc(Br)cc1N. The first-order valence-electron chi connectivity index (χ1n) is 6.13. The lowest BCUT2D eigenvalue weighted by molar-refractivity contribution is 0.0368. The first-order chi connectivity index (χ1) is 8.65. The van der Waals surface area contributed by atoms with Gasteiger partial charge < -0.3 is 15.8 Å². The van der Waals surface area contributed by atoms with E-state index in [0.29, 0.717) is 11.7 Å². The van der Waals surface area contributed by atoms with Crippen LogP contribution in [0.2, 0.25) is 0 Å². The summed E-state index contributed by atoms with van der Waals surface area (Å²) in [5.74, 6) is 0.749. The monoisotopic (exact) mass is 314 g/mol. The topological polar surface area (TPSA) is 63.4 Å². The maximum Gasteiger partial charge on any atom is 0.149 e. The number of nitrogen functional groups attached to an aromatic ring is 1. The van der Waals surface area contributed by atoms with Crippen LogP contribution in [0.4, 0.5) is 11.5 Å². The number of ether oxygens (including phenoxy) is 1. The lowest BCUT2D eigenvalue weighted by Crippen LogP contribution is -2.42. The Labute approximate surface area is 116 Å². The van der Waals surface area contributed by atoms with Crippen LogP contribution in [0.1, 0.15) is 6.92 Å². The molecule has 1 fully saturated rings. The van der Waals surface area contributed by atoms with Gasteiger partial charge in [-0.3, -0.25) is 4.90 Å². The highest BCUT2D eigenvalue weighted by atomic mass is 79.9. The highest BCUT2D eigenvalue weighted by molar-refractivity contribution is 9.10. The summed E-state index contributed by atoms with van der Waals surface area (Å²) in [6.45, 7) is 6.75. The van der Waals surface area contributed by atoms with Crippen molar-refractivity contribution in [3.8, 4) is 0 Å². The Morgan fingerprint density at radius 3 is 2.94 bits per heavy atom. The number of nitrogens with one attached hydrogen (secondary N) is 1. The van der Waals surface area contributed by atoms with E-state index in [-0.39, 0.29) is 0 Å². The van der Waals surface area contributed by atoms with E-state index in [1.165, 1.54) is 0 Å². The number of hydrogen-bond donors (Lipinski definition) is 2. The van der Waals surface area contributed by atoms with Crippen LogP contribution in [-0.2, 0) is 4.74 Å². The molecule has 5 nitrogen and oxygen atoms in total.